The van der Waals surface area contributed by atoms with Gasteiger partial charge in [-0.05, 0) is 19.8 Å². The van der Waals surface area contributed by atoms with Crippen molar-refractivity contribution >= 4 is 18.3 Å². The third-order valence-corrected chi connectivity index (χ3v) is 4.27. The summed E-state index contributed by atoms with van der Waals surface area (Å²) in [5, 5.41) is 7.39. The van der Waals surface area contributed by atoms with Crippen LogP contribution >= 0.6 is 12.4 Å². The van der Waals surface area contributed by atoms with Gasteiger partial charge in [-0.15, -0.1) is 12.4 Å². The number of hydrogen-bond donors (Lipinski definition) is 2. The summed E-state index contributed by atoms with van der Waals surface area (Å²) in [5.41, 5.74) is 6.72. The lowest BCUT2D eigenvalue weighted by atomic mass is 9.96. The first-order valence-corrected chi connectivity index (χ1v) is 8.14. The third kappa shape index (κ3) is 4.33. The number of aromatic nitrogens is 3. The number of likely N-dealkylation sites (tertiary alicyclic amines) is 1. The van der Waals surface area contributed by atoms with Crippen molar-refractivity contribution in [1.82, 2.24) is 20.1 Å². The number of rotatable bonds is 4. The summed E-state index contributed by atoms with van der Waals surface area (Å²) in [6.45, 7) is 3.39. The molecule has 1 aromatic heterocycles. The maximum absolute atomic E-state index is 12.1. The first-order valence-electron chi connectivity index (χ1n) is 8.14. The van der Waals surface area contributed by atoms with Crippen molar-refractivity contribution in [1.29, 1.82) is 0 Å². The molecule has 2 heterocycles. The van der Waals surface area contributed by atoms with E-state index in [9.17, 15) is 4.79 Å². The second-order valence-corrected chi connectivity index (χ2v) is 6.25. The van der Waals surface area contributed by atoms with Crippen molar-refractivity contribution in [2.75, 3.05) is 13.1 Å². The Hall–Kier alpha value is -1.92. The lowest BCUT2D eigenvalue weighted by molar-refractivity contribution is -0.132. The van der Waals surface area contributed by atoms with E-state index < -0.39 is 0 Å². The number of H-pyrrole nitrogens is 1. The largest absolute Gasteiger partial charge is 0.343 e. The molecule has 1 aromatic carbocycles. The highest BCUT2D eigenvalue weighted by atomic mass is 35.5. The number of piperidine rings is 1. The fourth-order valence-corrected chi connectivity index (χ4v) is 2.98. The Morgan fingerprint density at radius 2 is 2.00 bits per heavy atom. The van der Waals surface area contributed by atoms with Crippen molar-refractivity contribution in [3.05, 3.63) is 36.2 Å². The SMILES string of the molecule is CC(N)CC(=O)N1CCC(c2nc(-c3ccccc3)n[nH]2)CC1.Cl. The minimum atomic E-state index is -0.0806. The highest BCUT2D eigenvalue weighted by Gasteiger charge is 2.26. The molecule has 0 saturated carbocycles. The van der Waals surface area contributed by atoms with Crippen LogP contribution in [0.3, 0.4) is 0 Å². The lowest BCUT2D eigenvalue weighted by Crippen LogP contribution is -2.40. The van der Waals surface area contributed by atoms with Crippen molar-refractivity contribution in [3.8, 4) is 11.4 Å². The second kappa shape index (κ2) is 8.26. The third-order valence-electron chi connectivity index (χ3n) is 4.27. The molecule has 0 bridgehead atoms. The molecule has 0 radical (unpaired) electrons. The average molecular weight is 350 g/mol. The number of aromatic amines is 1. The molecule has 1 fully saturated rings. The zero-order valence-electron chi connectivity index (χ0n) is 13.8. The summed E-state index contributed by atoms with van der Waals surface area (Å²) in [7, 11) is 0. The Labute approximate surface area is 148 Å². The Bertz CT molecular complexity index is 650. The van der Waals surface area contributed by atoms with Crippen LogP contribution in [-0.2, 0) is 4.79 Å². The number of nitrogens with one attached hydrogen (secondary N) is 1. The minimum Gasteiger partial charge on any atom is -0.343 e. The molecule has 24 heavy (non-hydrogen) atoms. The normalized spacial score (nSPS) is 16.5. The molecule has 1 unspecified atom stereocenters. The van der Waals surface area contributed by atoms with Gasteiger partial charge in [0.15, 0.2) is 5.82 Å². The predicted molar refractivity (Wildman–Crippen MR) is 95.9 cm³/mol. The molecule has 3 rings (SSSR count). The molecule has 2 aromatic rings. The molecule has 130 valence electrons. The fraction of sp³-hybridized carbons (Fsp3) is 0.471. The van der Waals surface area contributed by atoms with Crippen LogP contribution in [0.4, 0.5) is 0 Å². The lowest BCUT2D eigenvalue weighted by Gasteiger charge is -2.31. The fourth-order valence-electron chi connectivity index (χ4n) is 2.98. The van der Waals surface area contributed by atoms with Crippen LogP contribution in [0.5, 0.6) is 0 Å². The van der Waals surface area contributed by atoms with Crippen LogP contribution in [0.25, 0.3) is 11.4 Å². The van der Waals surface area contributed by atoms with Gasteiger partial charge in [0, 0.05) is 37.0 Å². The van der Waals surface area contributed by atoms with Gasteiger partial charge in [0.05, 0.1) is 0 Å². The summed E-state index contributed by atoms with van der Waals surface area (Å²) < 4.78 is 0. The van der Waals surface area contributed by atoms with Gasteiger partial charge in [-0.25, -0.2) is 4.98 Å². The van der Waals surface area contributed by atoms with Crippen molar-refractivity contribution in [2.24, 2.45) is 5.73 Å². The zero-order valence-corrected chi connectivity index (χ0v) is 14.6. The molecule has 1 amide bonds. The monoisotopic (exact) mass is 349 g/mol. The van der Waals surface area contributed by atoms with Gasteiger partial charge in [0.2, 0.25) is 5.91 Å². The van der Waals surface area contributed by atoms with Crippen LogP contribution in [0.1, 0.15) is 37.9 Å². The number of carbonyl (C=O) groups excluding carboxylic acids is 1. The summed E-state index contributed by atoms with van der Waals surface area (Å²) in [5.74, 6) is 2.14. The van der Waals surface area contributed by atoms with Crippen molar-refractivity contribution in [3.63, 3.8) is 0 Å². The predicted octanol–water partition coefficient (Wildman–Crippen LogP) is 2.34. The van der Waals surface area contributed by atoms with E-state index in [1.54, 1.807) is 0 Å². The molecule has 0 spiro atoms. The molecular formula is C17H24ClN5O. The van der Waals surface area contributed by atoms with E-state index in [4.69, 9.17) is 5.73 Å². The highest BCUT2D eigenvalue weighted by Crippen LogP contribution is 2.27. The van der Waals surface area contributed by atoms with Gasteiger partial charge in [-0.3, -0.25) is 9.89 Å². The molecule has 3 N–H and O–H groups in total. The van der Waals surface area contributed by atoms with E-state index in [2.05, 4.69) is 15.2 Å². The smallest absolute Gasteiger partial charge is 0.224 e. The van der Waals surface area contributed by atoms with E-state index in [1.807, 2.05) is 42.2 Å². The van der Waals surface area contributed by atoms with Crippen LogP contribution < -0.4 is 5.73 Å². The van der Waals surface area contributed by atoms with Gasteiger partial charge in [0.1, 0.15) is 5.82 Å². The molecule has 7 heteroatoms. The van der Waals surface area contributed by atoms with Crippen LogP contribution in [0.15, 0.2) is 30.3 Å². The molecule has 6 nitrogen and oxygen atoms in total. The summed E-state index contributed by atoms with van der Waals surface area (Å²) >= 11 is 0. The Balaban J connectivity index is 0.00000208. The second-order valence-electron chi connectivity index (χ2n) is 6.25. The Morgan fingerprint density at radius 3 is 2.62 bits per heavy atom. The quantitative estimate of drug-likeness (QED) is 0.886. The topological polar surface area (TPSA) is 87.9 Å². The number of benzene rings is 1. The van der Waals surface area contributed by atoms with E-state index in [-0.39, 0.29) is 24.4 Å². The molecular weight excluding hydrogens is 326 g/mol. The van der Waals surface area contributed by atoms with E-state index >= 15 is 0 Å². The van der Waals surface area contributed by atoms with Crippen LogP contribution in [-0.4, -0.2) is 45.1 Å². The molecule has 1 aliphatic heterocycles. The van der Waals surface area contributed by atoms with E-state index in [0.717, 1.165) is 43.1 Å². The molecule has 0 aliphatic carbocycles. The number of hydrogen-bond acceptors (Lipinski definition) is 4. The van der Waals surface area contributed by atoms with Crippen molar-refractivity contribution in [2.45, 2.75) is 38.1 Å². The average Bonchev–Trinajstić information content (AvgIpc) is 3.05. The first-order chi connectivity index (χ1) is 11.1. The molecule has 1 saturated heterocycles. The van der Waals surface area contributed by atoms with Gasteiger partial charge in [0.25, 0.3) is 0 Å². The Kier molecular flexibility index (Phi) is 6.34. The minimum absolute atomic E-state index is 0. The molecule has 1 atom stereocenters. The van der Waals surface area contributed by atoms with Gasteiger partial charge in [-0.2, -0.15) is 5.10 Å². The Morgan fingerprint density at radius 1 is 1.33 bits per heavy atom. The number of amides is 1. The van der Waals surface area contributed by atoms with Crippen molar-refractivity contribution < 1.29 is 4.79 Å². The number of nitrogens with two attached hydrogens (primary N) is 1. The van der Waals surface area contributed by atoms with Crippen LogP contribution in [0, 0.1) is 0 Å². The number of nitrogens with zero attached hydrogens (tertiary/aromatic N) is 3. The van der Waals surface area contributed by atoms with E-state index in [0.29, 0.717) is 12.3 Å². The number of halogens is 1. The van der Waals surface area contributed by atoms with Crippen LogP contribution in [0.2, 0.25) is 0 Å². The summed E-state index contributed by atoms with van der Waals surface area (Å²) in [6, 6.07) is 9.86. The van der Waals surface area contributed by atoms with Gasteiger partial charge >= 0.3 is 0 Å². The van der Waals surface area contributed by atoms with E-state index in [1.165, 1.54) is 0 Å². The highest BCUT2D eigenvalue weighted by molar-refractivity contribution is 5.85. The van der Waals surface area contributed by atoms with Gasteiger partial charge in [-0.1, -0.05) is 30.3 Å². The standard InChI is InChI=1S/C17H23N5O.ClH/c1-12(18)11-15(23)22-9-7-14(8-10-22)17-19-16(20-21-17)13-5-3-2-4-6-13;/h2-6,12,14H,7-11,18H2,1H3,(H,19,20,21);1H. The summed E-state index contributed by atoms with van der Waals surface area (Å²) in [6.07, 6.45) is 2.24. The number of carbonyl (C=O) groups is 1. The maximum atomic E-state index is 12.1. The van der Waals surface area contributed by atoms with Gasteiger partial charge < -0.3 is 10.6 Å². The summed E-state index contributed by atoms with van der Waals surface area (Å²) in [4.78, 5) is 18.6. The maximum Gasteiger partial charge on any atom is 0.224 e. The first kappa shape index (κ1) is 18.4. The molecule has 1 aliphatic rings. The zero-order chi connectivity index (χ0) is 16.2.